The number of likely N-dealkylation sites (tertiary alicyclic amines) is 2. The lowest BCUT2D eigenvalue weighted by Crippen LogP contribution is -2.41. The molecule has 0 unspecified atom stereocenters. The number of alkyl halides is 3. The van der Waals surface area contributed by atoms with Crippen LogP contribution >= 0.6 is 0 Å². The van der Waals surface area contributed by atoms with E-state index in [1.54, 1.807) is 44.3 Å². The number of rotatable bonds is 11. The summed E-state index contributed by atoms with van der Waals surface area (Å²) in [5.74, 6) is -2.88. The molecule has 4 aromatic carbocycles. The van der Waals surface area contributed by atoms with E-state index >= 15 is 0 Å². The first kappa shape index (κ1) is 41.1. The van der Waals surface area contributed by atoms with Gasteiger partial charge in [0.15, 0.2) is 11.6 Å². The largest absolute Gasteiger partial charge is 0.471 e. The van der Waals surface area contributed by atoms with Crippen LogP contribution in [0.5, 0.6) is 0 Å². The Morgan fingerprint density at radius 3 is 1.30 bits per heavy atom. The van der Waals surface area contributed by atoms with Gasteiger partial charge in [0.05, 0.1) is 26.2 Å². The number of ketones is 2. The average Bonchev–Trinajstić information content (AvgIpc) is 3.98. The van der Waals surface area contributed by atoms with Gasteiger partial charge in [-0.15, -0.1) is 0 Å². The van der Waals surface area contributed by atoms with E-state index in [0.717, 1.165) is 61.3 Å². The molecule has 14 heteroatoms. The minimum atomic E-state index is -5.03. The molecule has 2 aliphatic heterocycles. The fourth-order valence-corrected chi connectivity index (χ4v) is 6.35. The second-order valence-electron chi connectivity index (χ2n) is 13.4. The monoisotopic (exact) mass is 770 g/mol. The first-order valence-corrected chi connectivity index (χ1v) is 18.5. The standard InChI is InChI=1S/C22H22F3N3O3.C20H23N3O2/c23-22(24,25)20(30)26-14-19(29)17-10-8-16(9-11-17)15-28(18-6-2-1-3-7-18)21(31)27-12-4-5-13-27;21-14-19(24)17-10-8-16(9-11-17)15-23(18-6-2-1-3-7-18)20(25)22-12-4-5-13-22/h1-3,6-11H,4-5,12-15H2,(H,26,30);1-3,6-11H,4-5,12-15,21H2. The van der Waals surface area contributed by atoms with Crippen LogP contribution in [0.3, 0.4) is 0 Å². The zero-order chi connectivity index (χ0) is 40.1. The molecule has 5 amide bonds. The summed E-state index contributed by atoms with van der Waals surface area (Å²) in [6.45, 7) is 3.04. The third kappa shape index (κ3) is 11.3. The van der Waals surface area contributed by atoms with Crippen molar-refractivity contribution >= 4 is 40.9 Å². The number of benzene rings is 4. The number of urea groups is 2. The molecule has 2 aliphatic rings. The Morgan fingerprint density at radius 2 is 0.946 bits per heavy atom. The van der Waals surface area contributed by atoms with Crippen LogP contribution in [0, 0.1) is 0 Å². The van der Waals surface area contributed by atoms with Gasteiger partial charge < -0.3 is 20.9 Å². The number of halogens is 3. The van der Waals surface area contributed by atoms with E-state index in [-0.39, 0.29) is 36.5 Å². The lowest BCUT2D eigenvalue weighted by molar-refractivity contribution is -0.173. The van der Waals surface area contributed by atoms with Crippen LogP contribution in [-0.4, -0.2) is 84.8 Å². The normalized spacial score (nSPS) is 13.7. The van der Waals surface area contributed by atoms with E-state index in [9.17, 15) is 37.1 Å². The van der Waals surface area contributed by atoms with Crippen molar-refractivity contribution in [1.82, 2.24) is 15.1 Å². The fourth-order valence-electron chi connectivity index (χ4n) is 6.35. The SMILES string of the molecule is NCC(=O)c1ccc(CN(C(=O)N2CCCC2)c2ccccc2)cc1.O=C(CNC(=O)C(F)(F)F)c1ccc(CN(C(=O)N2CCCC2)c2ccccc2)cc1. The molecule has 2 saturated heterocycles. The predicted octanol–water partition coefficient (Wildman–Crippen LogP) is 6.82. The maximum absolute atomic E-state index is 13.0. The van der Waals surface area contributed by atoms with Crippen molar-refractivity contribution in [3.8, 4) is 0 Å². The number of amides is 5. The molecule has 11 nitrogen and oxygen atoms in total. The highest BCUT2D eigenvalue weighted by molar-refractivity contribution is 6.00. The Hall–Kier alpha value is -6.02. The fraction of sp³-hybridized carbons (Fsp3) is 0.310. The van der Waals surface area contributed by atoms with E-state index in [4.69, 9.17) is 5.73 Å². The summed E-state index contributed by atoms with van der Waals surface area (Å²) in [7, 11) is 0. The van der Waals surface area contributed by atoms with Gasteiger partial charge in [-0.1, -0.05) is 84.9 Å². The van der Waals surface area contributed by atoms with E-state index in [2.05, 4.69) is 0 Å². The maximum Gasteiger partial charge on any atom is 0.471 e. The van der Waals surface area contributed by atoms with E-state index in [1.165, 1.54) is 12.1 Å². The first-order chi connectivity index (χ1) is 26.9. The molecule has 6 rings (SSSR count). The van der Waals surface area contributed by atoms with Gasteiger partial charge in [-0.05, 0) is 61.1 Å². The van der Waals surface area contributed by atoms with Gasteiger partial charge in [-0.25, -0.2) is 9.59 Å². The second-order valence-corrected chi connectivity index (χ2v) is 13.4. The number of carbonyl (C=O) groups excluding carboxylic acids is 5. The lowest BCUT2D eigenvalue weighted by atomic mass is 10.1. The molecule has 0 saturated carbocycles. The molecular weight excluding hydrogens is 725 g/mol. The number of hydrogen-bond donors (Lipinski definition) is 2. The maximum atomic E-state index is 13.0. The Morgan fingerprint density at radius 1 is 0.571 bits per heavy atom. The summed E-state index contributed by atoms with van der Waals surface area (Å²) in [5, 5.41) is 1.56. The van der Waals surface area contributed by atoms with Crippen molar-refractivity contribution in [1.29, 1.82) is 0 Å². The number of hydrogen-bond acceptors (Lipinski definition) is 6. The highest BCUT2D eigenvalue weighted by atomic mass is 19.4. The molecule has 294 valence electrons. The minimum Gasteiger partial charge on any atom is -0.341 e. The van der Waals surface area contributed by atoms with Crippen LogP contribution in [0.4, 0.5) is 34.1 Å². The number of carbonyl (C=O) groups is 5. The number of anilines is 2. The molecule has 3 N–H and O–H groups in total. The van der Waals surface area contributed by atoms with Gasteiger partial charge >= 0.3 is 24.1 Å². The van der Waals surface area contributed by atoms with Crippen LogP contribution in [0.25, 0.3) is 0 Å². The van der Waals surface area contributed by atoms with Crippen LogP contribution in [0.15, 0.2) is 109 Å². The molecule has 2 heterocycles. The smallest absolute Gasteiger partial charge is 0.341 e. The molecule has 0 bridgehead atoms. The summed E-state index contributed by atoms with van der Waals surface area (Å²) in [4.78, 5) is 67.7. The van der Waals surface area contributed by atoms with Crippen molar-refractivity contribution < 1.29 is 37.1 Å². The number of Topliss-reactive ketones (excluding diaryl/α,β-unsaturated/α-hetero) is 2. The number of para-hydroxylation sites is 2. The van der Waals surface area contributed by atoms with Crippen molar-refractivity contribution in [2.75, 3.05) is 49.1 Å². The van der Waals surface area contributed by atoms with Gasteiger partial charge in [-0.3, -0.25) is 24.2 Å². The number of nitrogens with zero attached hydrogens (tertiary/aromatic N) is 4. The molecule has 2 fully saturated rings. The highest BCUT2D eigenvalue weighted by Gasteiger charge is 2.38. The quantitative estimate of drug-likeness (QED) is 0.161. The molecule has 56 heavy (non-hydrogen) atoms. The van der Waals surface area contributed by atoms with Gasteiger partial charge in [0, 0.05) is 48.7 Å². The molecule has 0 spiro atoms. The predicted molar refractivity (Wildman–Crippen MR) is 207 cm³/mol. The van der Waals surface area contributed by atoms with Gasteiger partial charge in [0.1, 0.15) is 0 Å². The Labute approximate surface area is 323 Å². The highest BCUT2D eigenvalue weighted by Crippen LogP contribution is 2.23. The molecule has 4 aromatic rings. The van der Waals surface area contributed by atoms with Crippen LogP contribution in [0.2, 0.25) is 0 Å². The number of nitrogens with one attached hydrogen (secondary N) is 1. The van der Waals surface area contributed by atoms with Crippen LogP contribution in [-0.2, 0) is 17.9 Å². The van der Waals surface area contributed by atoms with Crippen molar-refractivity contribution in [3.63, 3.8) is 0 Å². The molecule has 0 aliphatic carbocycles. The average molecular weight is 771 g/mol. The van der Waals surface area contributed by atoms with Crippen LogP contribution in [0.1, 0.15) is 57.5 Å². The van der Waals surface area contributed by atoms with Gasteiger partial charge in [-0.2, -0.15) is 13.2 Å². The first-order valence-electron chi connectivity index (χ1n) is 18.5. The van der Waals surface area contributed by atoms with E-state index < -0.39 is 24.4 Å². The van der Waals surface area contributed by atoms with E-state index in [1.807, 2.05) is 77.7 Å². The summed E-state index contributed by atoms with van der Waals surface area (Å²) < 4.78 is 36.7. The third-order valence-corrected chi connectivity index (χ3v) is 9.44. The van der Waals surface area contributed by atoms with Crippen LogP contribution < -0.4 is 20.9 Å². The Kier molecular flexibility index (Phi) is 14.4. The summed E-state index contributed by atoms with van der Waals surface area (Å²) >= 11 is 0. The lowest BCUT2D eigenvalue weighted by Gasteiger charge is -2.28. The molecule has 0 atom stereocenters. The van der Waals surface area contributed by atoms with Gasteiger partial charge in [0.2, 0.25) is 0 Å². The Balaban J connectivity index is 0.000000219. The van der Waals surface area contributed by atoms with E-state index in [0.29, 0.717) is 25.2 Å². The molecule has 0 aromatic heterocycles. The minimum absolute atomic E-state index is 0.00291. The van der Waals surface area contributed by atoms with Crippen molar-refractivity contribution in [2.24, 2.45) is 5.73 Å². The van der Waals surface area contributed by atoms with Crippen molar-refractivity contribution in [2.45, 2.75) is 44.9 Å². The zero-order valence-corrected chi connectivity index (χ0v) is 30.9. The number of nitrogens with two attached hydrogens (primary N) is 1. The second kappa shape index (κ2) is 19.5. The zero-order valence-electron chi connectivity index (χ0n) is 30.9. The summed E-state index contributed by atoms with van der Waals surface area (Å²) in [6.07, 6.45) is -0.979. The third-order valence-electron chi connectivity index (χ3n) is 9.44. The molecular formula is C42H45F3N6O5. The summed E-state index contributed by atoms with van der Waals surface area (Å²) in [5.41, 5.74) is 9.53. The topological polar surface area (TPSA) is 136 Å². The van der Waals surface area contributed by atoms with Crippen molar-refractivity contribution in [3.05, 3.63) is 131 Å². The van der Waals surface area contributed by atoms with Gasteiger partial charge in [0.25, 0.3) is 0 Å². The Bertz CT molecular complexity index is 1930. The summed E-state index contributed by atoms with van der Waals surface area (Å²) in [6, 6.07) is 32.4. The molecule has 0 radical (unpaired) electrons.